The minimum absolute atomic E-state index is 0.0235. The first kappa shape index (κ1) is 29.7. The van der Waals surface area contributed by atoms with E-state index in [1.165, 1.54) is 36.8 Å². The third-order valence-electron chi connectivity index (χ3n) is 5.43. The second-order valence-corrected chi connectivity index (χ2v) is 8.62. The van der Waals surface area contributed by atoms with E-state index in [9.17, 15) is 39.3 Å². The molecule has 11 N–H and O–H groups in total. The largest absolute Gasteiger partial charge is 0.508 e. The fourth-order valence-electron chi connectivity index (χ4n) is 3.41. The molecule has 0 fully saturated rings. The Bertz CT molecular complexity index is 1120. The number of hydrogen-bond acceptors (Lipinski definition) is 9. The summed E-state index contributed by atoms with van der Waals surface area (Å²) in [5.41, 5.74) is 12.3. The molecule has 1 aromatic heterocycles. The van der Waals surface area contributed by atoms with E-state index in [0.717, 1.165) is 6.92 Å². The first-order valence-corrected chi connectivity index (χ1v) is 11.5. The molecule has 15 heteroatoms. The van der Waals surface area contributed by atoms with Crippen molar-refractivity contribution in [2.24, 2.45) is 11.5 Å². The van der Waals surface area contributed by atoms with Crippen molar-refractivity contribution in [3.8, 4) is 5.75 Å². The van der Waals surface area contributed by atoms with Gasteiger partial charge >= 0.3 is 5.97 Å². The van der Waals surface area contributed by atoms with Crippen LogP contribution in [0.3, 0.4) is 0 Å². The fraction of sp³-hybridized carbons (Fsp3) is 0.391. The molecule has 0 aliphatic carbocycles. The van der Waals surface area contributed by atoms with Crippen LogP contribution >= 0.6 is 0 Å². The summed E-state index contributed by atoms with van der Waals surface area (Å²) in [6.45, 7) is 1.14. The first-order valence-electron chi connectivity index (χ1n) is 11.5. The Morgan fingerprint density at radius 3 is 2.11 bits per heavy atom. The summed E-state index contributed by atoms with van der Waals surface area (Å²) in [4.78, 5) is 68.3. The predicted molar refractivity (Wildman–Crippen MR) is 131 cm³/mol. The van der Waals surface area contributed by atoms with Gasteiger partial charge in [0.25, 0.3) is 0 Å². The lowest BCUT2D eigenvalue weighted by atomic mass is 10.0. The number of aliphatic hydroxyl groups excluding tert-OH is 1. The molecule has 2 rings (SSSR count). The van der Waals surface area contributed by atoms with Crippen molar-refractivity contribution in [1.82, 2.24) is 25.9 Å². The number of nitrogens with one attached hydrogen (secondary N) is 4. The molecule has 0 saturated heterocycles. The number of rotatable bonds is 14. The second-order valence-electron chi connectivity index (χ2n) is 8.62. The molecule has 1 aromatic carbocycles. The number of aliphatic hydroxyl groups is 1. The number of carboxylic acid groups (broad SMARTS) is 1. The van der Waals surface area contributed by atoms with E-state index in [1.54, 1.807) is 0 Å². The number of H-pyrrole nitrogens is 1. The maximum atomic E-state index is 13.2. The quantitative estimate of drug-likeness (QED) is 0.119. The van der Waals surface area contributed by atoms with Gasteiger partial charge in [0.1, 0.15) is 17.8 Å². The Balaban J connectivity index is 2.23. The average Bonchev–Trinajstić information content (AvgIpc) is 3.35. The van der Waals surface area contributed by atoms with Crippen LogP contribution in [0.25, 0.3) is 0 Å². The molecular formula is C23H31N7O8. The van der Waals surface area contributed by atoms with Crippen molar-refractivity contribution >= 4 is 29.6 Å². The molecule has 0 spiro atoms. The molecule has 5 atom stereocenters. The van der Waals surface area contributed by atoms with Crippen molar-refractivity contribution in [1.29, 1.82) is 0 Å². The van der Waals surface area contributed by atoms with Crippen LogP contribution in [0.4, 0.5) is 0 Å². The van der Waals surface area contributed by atoms with Crippen LogP contribution in [-0.4, -0.2) is 85.2 Å². The summed E-state index contributed by atoms with van der Waals surface area (Å²) in [6.07, 6.45) is 0.713. The normalized spacial score (nSPS) is 14.8. The highest BCUT2D eigenvalue weighted by Gasteiger charge is 2.32. The maximum Gasteiger partial charge on any atom is 0.328 e. The van der Waals surface area contributed by atoms with Gasteiger partial charge in [0.2, 0.25) is 23.6 Å². The van der Waals surface area contributed by atoms with Gasteiger partial charge in [-0.15, -0.1) is 0 Å². The molecule has 15 nitrogen and oxygen atoms in total. The van der Waals surface area contributed by atoms with Gasteiger partial charge in [0.05, 0.1) is 24.9 Å². The van der Waals surface area contributed by atoms with Crippen LogP contribution in [-0.2, 0) is 36.8 Å². The maximum absolute atomic E-state index is 13.2. The van der Waals surface area contributed by atoms with Crippen LogP contribution in [0, 0.1) is 0 Å². The van der Waals surface area contributed by atoms with Gasteiger partial charge in [-0.2, -0.15) is 0 Å². The van der Waals surface area contributed by atoms with E-state index in [0.29, 0.717) is 11.3 Å². The molecule has 0 aliphatic rings. The number of imidazole rings is 1. The van der Waals surface area contributed by atoms with Crippen LogP contribution in [0.15, 0.2) is 36.8 Å². The van der Waals surface area contributed by atoms with Crippen LogP contribution in [0.2, 0.25) is 0 Å². The second kappa shape index (κ2) is 13.7. The van der Waals surface area contributed by atoms with E-state index in [4.69, 9.17) is 11.5 Å². The van der Waals surface area contributed by atoms with Gasteiger partial charge in [-0.25, -0.2) is 9.78 Å². The van der Waals surface area contributed by atoms with Crippen molar-refractivity contribution in [2.75, 3.05) is 0 Å². The van der Waals surface area contributed by atoms with Gasteiger partial charge in [-0.3, -0.25) is 19.2 Å². The molecule has 0 aliphatic heterocycles. The summed E-state index contributed by atoms with van der Waals surface area (Å²) in [7, 11) is 0. The molecule has 38 heavy (non-hydrogen) atoms. The number of carbonyl (C=O) groups is 5. The number of nitrogens with zero attached hydrogens (tertiary/aromatic N) is 1. The Morgan fingerprint density at radius 1 is 0.974 bits per heavy atom. The molecular weight excluding hydrogens is 502 g/mol. The van der Waals surface area contributed by atoms with Gasteiger partial charge in [0, 0.05) is 24.7 Å². The highest BCUT2D eigenvalue weighted by molar-refractivity contribution is 5.96. The SMILES string of the molecule is CC(O)C(NC(=O)C(CC(N)=O)NC(=O)C(Cc1ccc(O)cc1)NC(=O)C(N)Cc1cnc[nH]1)C(=O)O. The zero-order chi connectivity index (χ0) is 28.4. The lowest BCUT2D eigenvalue weighted by Crippen LogP contribution is -2.59. The smallest absolute Gasteiger partial charge is 0.328 e. The minimum Gasteiger partial charge on any atom is -0.508 e. The third-order valence-corrected chi connectivity index (χ3v) is 5.43. The van der Waals surface area contributed by atoms with E-state index in [-0.39, 0.29) is 18.6 Å². The van der Waals surface area contributed by atoms with Crippen LogP contribution < -0.4 is 27.4 Å². The fourth-order valence-corrected chi connectivity index (χ4v) is 3.41. The zero-order valence-electron chi connectivity index (χ0n) is 20.5. The number of primary amides is 1. The number of hydrogen-bond donors (Lipinski definition) is 9. The predicted octanol–water partition coefficient (Wildman–Crippen LogP) is -2.98. The summed E-state index contributed by atoms with van der Waals surface area (Å²) in [5.74, 6) is -5.22. The number of nitrogens with two attached hydrogens (primary N) is 2. The highest BCUT2D eigenvalue weighted by Crippen LogP contribution is 2.12. The molecule has 1 heterocycles. The van der Waals surface area contributed by atoms with Crippen molar-refractivity contribution in [2.45, 2.75) is 56.5 Å². The number of phenolic OH excluding ortho intramolecular Hbond substituents is 1. The molecule has 206 valence electrons. The van der Waals surface area contributed by atoms with Crippen molar-refractivity contribution < 1.29 is 39.3 Å². The molecule has 0 bridgehead atoms. The summed E-state index contributed by atoms with van der Waals surface area (Å²) < 4.78 is 0. The third kappa shape index (κ3) is 9.18. The van der Waals surface area contributed by atoms with Crippen molar-refractivity contribution in [3.63, 3.8) is 0 Å². The number of aromatic hydroxyl groups is 1. The lowest BCUT2D eigenvalue weighted by molar-refractivity contribution is -0.145. The summed E-state index contributed by atoms with van der Waals surface area (Å²) in [5, 5.41) is 35.3. The summed E-state index contributed by atoms with van der Waals surface area (Å²) >= 11 is 0. The van der Waals surface area contributed by atoms with Crippen LogP contribution in [0.5, 0.6) is 5.75 Å². The standard InChI is InChI=1S/C23H31N7O8/c1-11(31)19(23(37)38)30-22(36)17(8-18(25)33)29-21(35)16(6-12-2-4-14(32)5-3-12)28-20(34)15(24)7-13-9-26-10-27-13/h2-5,9-11,15-17,19,31-32H,6-8,24H2,1H3,(H2,25,33)(H,26,27)(H,28,34)(H,29,35)(H,30,36)(H,37,38). The minimum atomic E-state index is -1.72. The number of carboxylic acids is 1. The van der Waals surface area contributed by atoms with Gasteiger partial charge < -0.3 is 47.7 Å². The number of aromatic amines is 1. The number of aromatic nitrogens is 2. The number of benzene rings is 1. The van der Waals surface area contributed by atoms with E-state index >= 15 is 0 Å². The number of amides is 4. The Kier molecular flexibility index (Phi) is 10.7. The number of aliphatic carboxylic acids is 1. The lowest BCUT2D eigenvalue weighted by Gasteiger charge is -2.25. The van der Waals surface area contributed by atoms with E-state index in [1.807, 2.05) is 5.32 Å². The van der Waals surface area contributed by atoms with E-state index in [2.05, 4.69) is 20.6 Å². The Labute approximate surface area is 217 Å². The molecule has 2 aromatic rings. The average molecular weight is 534 g/mol. The molecule has 0 radical (unpaired) electrons. The summed E-state index contributed by atoms with van der Waals surface area (Å²) in [6, 6.07) is 0.0808. The molecule has 0 saturated carbocycles. The first-order chi connectivity index (χ1) is 17.9. The molecule has 5 unspecified atom stereocenters. The topological polar surface area (TPSA) is 263 Å². The molecule has 4 amide bonds. The van der Waals surface area contributed by atoms with Gasteiger partial charge in [-0.05, 0) is 24.6 Å². The van der Waals surface area contributed by atoms with E-state index < -0.39 is 66.3 Å². The number of carbonyl (C=O) groups excluding carboxylic acids is 4. The Morgan fingerprint density at radius 2 is 1.58 bits per heavy atom. The number of phenols is 1. The van der Waals surface area contributed by atoms with Gasteiger partial charge in [-0.1, -0.05) is 12.1 Å². The Hall–Kier alpha value is -4.50. The van der Waals surface area contributed by atoms with Crippen molar-refractivity contribution in [3.05, 3.63) is 48.0 Å². The van der Waals surface area contributed by atoms with Crippen LogP contribution in [0.1, 0.15) is 24.6 Å². The van der Waals surface area contributed by atoms with Gasteiger partial charge in [0.15, 0.2) is 6.04 Å². The highest BCUT2D eigenvalue weighted by atomic mass is 16.4. The monoisotopic (exact) mass is 533 g/mol. The zero-order valence-corrected chi connectivity index (χ0v) is 20.5.